The van der Waals surface area contributed by atoms with Gasteiger partial charge in [-0.05, 0) is 31.4 Å². The molecule has 1 aliphatic carbocycles. The van der Waals surface area contributed by atoms with Crippen molar-refractivity contribution < 1.29 is 9.59 Å². The minimum Gasteiger partial charge on any atom is -0.345 e. The molecule has 0 aromatic carbocycles. The van der Waals surface area contributed by atoms with Crippen LogP contribution in [0.3, 0.4) is 0 Å². The Hall–Kier alpha value is -1.91. The number of nitrogens with zero attached hydrogens (tertiary/aromatic N) is 1. The van der Waals surface area contributed by atoms with Gasteiger partial charge in [0.1, 0.15) is 5.82 Å². The molecule has 1 heterocycles. The van der Waals surface area contributed by atoms with Crippen molar-refractivity contribution in [1.82, 2.24) is 10.3 Å². The summed E-state index contributed by atoms with van der Waals surface area (Å²) in [7, 11) is 0. The van der Waals surface area contributed by atoms with E-state index in [-0.39, 0.29) is 6.04 Å². The first-order valence-corrected chi connectivity index (χ1v) is 9.69. The topological polar surface area (TPSA) is 71.1 Å². The minimum absolute atomic E-state index is 0.101. The zero-order valence-electron chi connectivity index (χ0n) is 15.4. The molecule has 5 heteroatoms. The molecule has 0 bridgehead atoms. The molecule has 2 amide bonds. The van der Waals surface area contributed by atoms with Gasteiger partial charge in [-0.3, -0.25) is 9.59 Å². The van der Waals surface area contributed by atoms with E-state index < -0.39 is 11.8 Å². The Labute approximate surface area is 151 Å². The number of nitrogens with one attached hydrogen (secondary N) is 2. The fourth-order valence-electron chi connectivity index (χ4n) is 3.27. The van der Waals surface area contributed by atoms with Gasteiger partial charge in [0.15, 0.2) is 0 Å². The number of anilines is 1. The third kappa shape index (κ3) is 7.67. The van der Waals surface area contributed by atoms with E-state index >= 15 is 0 Å². The maximum Gasteiger partial charge on any atom is 0.314 e. The van der Waals surface area contributed by atoms with E-state index in [1.54, 1.807) is 12.3 Å². The highest BCUT2D eigenvalue weighted by Crippen LogP contribution is 2.17. The fourth-order valence-corrected chi connectivity index (χ4v) is 3.27. The Balaban J connectivity index is 1.82. The number of aryl methyl sites for hydroxylation is 1. The van der Waals surface area contributed by atoms with Gasteiger partial charge >= 0.3 is 11.8 Å². The van der Waals surface area contributed by atoms with Crippen molar-refractivity contribution in [2.45, 2.75) is 83.6 Å². The summed E-state index contributed by atoms with van der Waals surface area (Å²) in [6.07, 6.45) is 14.8. The van der Waals surface area contributed by atoms with Crippen molar-refractivity contribution in [3.8, 4) is 0 Å². The van der Waals surface area contributed by atoms with Crippen molar-refractivity contribution in [3.63, 3.8) is 0 Å². The predicted octanol–water partition coefficient (Wildman–Crippen LogP) is 4.12. The second kappa shape index (κ2) is 10.9. The van der Waals surface area contributed by atoms with Crippen LogP contribution in [0.15, 0.2) is 18.3 Å². The van der Waals surface area contributed by atoms with Gasteiger partial charge in [0, 0.05) is 12.2 Å². The van der Waals surface area contributed by atoms with Crippen LogP contribution in [-0.2, 0) is 9.59 Å². The summed E-state index contributed by atoms with van der Waals surface area (Å²) in [5.74, 6) is -0.786. The summed E-state index contributed by atoms with van der Waals surface area (Å²) in [4.78, 5) is 28.4. The monoisotopic (exact) mass is 345 g/mol. The van der Waals surface area contributed by atoms with E-state index in [9.17, 15) is 9.59 Å². The zero-order chi connectivity index (χ0) is 17.9. The van der Waals surface area contributed by atoms with Crippen LogP contribution >= 0.6 is 0 Å². The first-order chi connectivity index (χ1) is 12.1. The van der Waals surface area contributed by atoms with Gasteiger partial charge in [-0.1, -0.05) is 63.9 Å². The molecule has 2 rings (SSSR count). The summed E-state index contributed by atoms with van der Waals surface area (Å²) in [6.45, 7) is 1.93. The number of aromatic nitrogens is 1. The van der Waals surface area contributed by atoms with E-state index in [0.717, 1.165) is 31.2 Å². The Morgan fingerprint density at radius 2 is 1.44 bits per heavy atom. The van der Waals surface area contributed by atoms with Crippen molar-refractivity contribution in [3.05, 3.63) is 23.9 Å². The van der Waals surface area contributed by atoms with Gasteiger partial charge in [0.25, 0.3) is 0 Å². The van der Waals surface area contributed by atoms with E-state index in [4.69, 9.17) is 0 Å². The normalized spacial score (nSPS) is 17.8. The van der Waals surface area contributed by atoms with Crippen LogP contribution in [0.4, 0.5) is 5.82 Å². The van der Waals surface area contributed by atoms with Crippen LogP contribution in [0.2, 0.25) is 0 Å². The lowest BCUT2D eigenvalue weighted by atomic mass is 9.98. The van der Waals surface area contributed by atoms with E-state index in [1.165, 1.54) is 44.9 Å². The fraction of sp³-hybridized carbons (Fsp3) is 0.650. The van der Waals surface area contributed by atoms with Crippen LogP contribution in [0.25, 0.3) is 0 Å². The van der Waals surface area contributed by atoms with Crippen molar-refractivity contribution in [2.24, 2.45) is 0 Å². The molecule has 1 saturated carbocycles. The molecule has 2 N–H and O–H groups in total. The van der Waals surface area contributed by atoms with Gasteiger partial charge < -0.3 is 10.6 Å². The molecule has 25 heavy (non-hydrogen) atoms. The summed E-state index contributed by atoms with van der Waals surface area (Å²) < 4.78 is 0. The molecule has 0 radical (unpaired) electrons. The van der Waals surface area contributed by atoms with E-state index in [1.807, 2.05) is 13.0 Å². The Morgan fingerprint density at radius 1 is 0.880 bits per heavy atom. The molecule has 1 aromatic rings. The molecular formula is C20H31N3O2. The lowest BCUT2D eigenvalue weighted by Crippen LogP contribution is -2.42. The van der Waals surface area contributed by atoms with Crippen LogP contribution in [0, 0.1) is 6.92 Å². The second-order valence-electron chi connectivity index (χ2n) is 7.10. The second-order valence-corrected chi connectivity index (χ2v) is 7.10. The number of carbonyl (C=O) groups is 2. The van der Waals surface area contributed by atoms with Crippen LogP contribution < -0.4 is 10.6 Å². The number of pyridine rings is 1. The average Bonchev–Trinajstić information content (AvgIpc) is 2.59. The molecule has 5 nitrogen and oxygen atoms in total. The molecule has 0 saturated heterocycles. The van der Waals surface area contributed by atoms with Gasteiger partial charge in [-0.2, -0.15) is 0 Å². The smallest absolute Gasteiger partial charge is 0.314 e. The number of hydrogen-bond acceptors (Lipinski definition) is 3. The van der Waals surface area contributed by atoms with Gasteiger partial charge in [-0.15, -0.1) is 0 Å². The third-order valence-corrected chi connectivity index (χ3v) is 4.80. The zero-order valence-corrected chi connectivity index (χ0v) is 15.4. The summed E-state index contributed by atoms with van der Waals surface area (Å²) in [5, 5.41) is 5.49. The minimum atomic E-state index is -0.637. The summed E-state index contributed by atoms with van der Waals surface area (Å²) in [6, 6.07) is 3.66. The van der Waals surface area contributed by atoms with Crippen LogP contribution in [-0.4, -0.2) is 22.8 Å². The van der Waals surface area contributed by atoms with E-state index in [0.29, 0.717) is 5.82 Å². The van der Waals surface area contributed by atoms with Crippen molar-refractivity contribution >= 4 is 17.6 Å². The molecule has 1 aromatic heterocycles. The van der Waals surface area contributed by atoms with Gasteiger partial charge in [0.05, 0.1) is 0 Å². The first kappa shape index (κ1) is 19.4. The summed E-state index contributed by atoms with van der Waals surface area (Å²) >= 11 is 0. The quantitative estimate of drug-likeness (QED) is 0.792. The number of rotatable bonds is 2. The maximum absolute atomic E-state index is 12.2. The molecular weight excluding hydrogens is 314 g/mol. The molecule has 0 aliphatic heterocycles. The molecule has 0 unspecified atom stereocenters. The van der Waals surface area contributed by atoms with Crippen molar-refractivity contribution in [1.29, 1.82) is 0 Å². The molecule has 1 aliphatic rings. The summed E-state index contributed by atoms with van der Waals surface area (Å²) in [5.41, 5.74) is 1.01. The maximum atomic E-state index is 12.2. The highest BCUT2D eigenvalue weighted by Gasteiger charge is 2.19. The molecule has 0 spiro atoms. The van der Waals surface area contributed by atoms with Gasteiger partial charge in [0.2, 0.25) is 0 Å². The highest BCUT2D eigenvalue weighted by molar-refractivity contribution is 6.39. The number of hydrogen-bond donors (Lipinski definition) is 2. The molecule has 0 atom stereocenters. The third-order valence-electron chi connectivity index (χ3n) is 4.80. The average molecular weight is 345 g/mol. The lowest BCUT2D eigenvalue weighted by Gasteiger charge is -2.19. The SMILES string of the molecule is Cc1ccc(NC(=O)C(=O)NC2CCCCCCCCCCC2)nc1. The standard InChI is InChI=1S/C20H31N3O2/c1-16-13-14-18(21-15-16)23-20(25)19(24)22-17-11-9-7-5-3-2-4-6-8-10-12-17/h13-15,17H,2-12H2,1H3,(H,22,24)(H,21,23,25). The highest BCUT2D eigenvalue weighted by atomic mass is 16.2. The lowest BCUT2D eigenvalue weighted by molar-refractivity contribution is -0.136. The number of carbonyl (C=O) groups excluding carboxylic acids is 2. The first-order valence-electron chi connectivity index (χ1n) is 9.69. The van der Waals surface area contributed by atoms with Gasteiger partial charge in [-0.25, -0.2) is 4.98 Å². The van der Waals surface area contributed by atoms with Crippen LogP contribution in [0.1, 0.15) is 76.2 Å². The predicted molar refractivity (Wildman–Crippen MR) is 100 cm³/mol. The molecule has 1 fully saturated rings. The van der Waals surface area contributed by atoms with E-state index in [2.05, 4.69) is 15.6 Å². The Morgan fingerprint density at radius 3 is 1.96 bits per heavy atom. The number of amides is 2. The van der Waals surface area contributed by atoms with Crippen molar-refractivity contribution in [2.75, 3.05) is 5.32 Å². The largest absolute Gasteiger partial charge is 0.345 e. The Bertz CT molecular complexity index is 530. The molecule has 138 valence electrons. The van der Waals surface area contributed by atoms with Crippen LogP contribution in [0.5, 0.6) is 0 Å². The Kier molecular flexibility index (Phi) is 8.43.